The third-order valence-electron chi connectivity index (χ3n) is 3.43. The van der Waals surface area contributed by atoms with Crippen LogP contribution in [0.25, 0.3) is 0 Å². The van der Waals surface area contributed by atoms with Crippen molar-refractivity contribution in [3.05, 3.63) is 30.2 Å². The van der Waals surface area contributed by atoms with E-state index in [4.69, 9.17) is 0 Å². The highest BCUT2D eigenvalue weighted by molar-refractivity contribution is 6.03. The highest BCUT2D eigenvalue weighted by Crippen LogP contribution is 2.27. The Hall–Kier alpha value is -1.38. The van der Waals surface area contributed by atoms with Gasteiger partial charge in [-0.1, -0.05) is 25.5 Å². The number of hydrogen-bond acceptors (Lipinski definition) is 2. The molecule has 0 N–H and O–H groups in total. The lowest BCUT2D eigenvalue weighted by Crippen LogP contribution is -2.31. The summed E-state index contributed by atoms with van der Waals surface area (Å²) in [6, 6.07) is 0. The van der Waals surface area contributed by atoms with E-state index in [9.17, 15) is 9.59 Å². The van der Waals surface area contributed by atoms with E-state index in [2.05, 4.69) is 19.1 Å². The molecule has 2 radical (unpaired) electrons. The van der Waals surface area contributed by atoms with E-state index in [1.54, 1.807) is 0 Å². The van der Waals surface area contributed by atoms with Crippen LogP contribution in [-0.2, 0) is 9.59 Å². The number of carbonyl (C=O) groups is 2. The van der Waals surface area contributed by atoms with Gasteiger partial charge in [-0.3, -0.25) is 14.5 Å². The van der Waals surface area contributed by atoms with Gasteiger partial charge in [-0.05, 0) is 37.3 Å². The molecule has 0 spiro atoms. The van der Waals surface area contributed by atoms with Crippen LogP contribution in [0.5, 0.6) is 0 Å². The second-order valence-electron chi connectivity index (χ2n) is 4.85. The van der Waals surface area contributed by atoms with E-state index in [0.717, 1.165) is 24.8 Å². The van der Waals surface area contributed by atoms with Crippen LogP contribution in [0, 0.1) is 18.4 Å². The van der Waals surface area contributed by atoms with Gasteiger partial charge < -0.3 is 0 Å². The normalized spacial score (nSPS) is 23.7. The lowest BCUT2D eigenvalue weighted by molar-refractivity contribution is -0.139. The van der Waals surface area contributed by atoms with E-state index < -0.39 is 0 Å². The van der Waals surface area contributed by atoms with Gasteiger partial charge in [0.15, 0.2) is 0 Å². The van der Waals surface area contributed by atoms with Crippen molar-refractivity contribution >= 4 is 11.8 Å². The first kappa shape index (κ1) is 13.1. The van der Waals surface area contributed by atoms with E-state index in [1.807, 2.05) is 12.5 Å². The first-order valence-electron chi connectivity index (χ1n) is 6.67. The molecule has 18 heavy (non-hydrogen) atoms. The van der Waals surface area contributed by atoms with Crippen molar-refractivity contribution in [1.29, 1.82) is 0 Å². The minimum atomic E-state index is -0.167. The Labute approximate surface area is 109 Å². The van der Waals surface area contributed by atoms with Crippen LogP contribution >= 0.6 is 0 Å². The lowest BCUT2D eigenvalue weighted by Gasteiger charge is -2.14. The van der Waals surface area contributed by atoms with Gasteiger partial charge in [0.2, 0.25) is 11.8 Å². The van der Waals surface area contributed by atoms with E-state index in [1.165, 1.54) is 4.90 Å². The number of amides is 2. The summed E-state index contributed by atoms with van der Waals surface area (Å²) in [5, 5.41) is 0. The highest BCUT2D eigenvalue weighted by atomic mass is 16.2. The molecule has 0 aromatic heterocycles. The van der Waals surface area contributed by atoms with E-state index >= 15 is 0 Å². The number of allylic oxidation sites excluding steroid dienone is 4. The van der Waals surface area contributed by atoms with Crippen LogP contribution in [0.1, 0.15) is 39.0 Å². The maximum absolute atomic E-state index is 12.1. The van der Waals surface area contributed by atoms with Crippen molar-refractivity contribution in [3.8, 4) is 0 Å². The maximum Gasteiger partial charge on any atom is 0.233 e. The van der Waals surface area contributed by atoms with Crippen molar-refractivity contribution in [2.45, 2.75) is 39.0 Å². The Balaban J connectivity index is 1.95. The van der Waals surface area contributed by atoms with Crippen molar-refractivity contribution in [2.75, 3.05) is 6.54 Å². The molecule has 1 unspecified atom stereocenters. The van der Waals surface area contributed by atoms with Crippen LogP contribution in [-0.4, -0.2) is 23.3 Å². The number of likely N-dealkylation sites (tertiary alicyclic amines) is 1. The predicted octanol–water partition coefficient (Wildman–Crippen LogP) is 2.45. The smallest absolute Gasteiger partial charge is 0.233 e. The topological polar surface area (TPSA) is 37.4 Å². The van der Waals surface area contributed by atoms with Crippen molar-refractivity contribution < 1.29 is 9.59 Å². The molecule has 0 aromatic carbocycles. The summed E-state index contributed by atoms with van der Waals surface area (Å²) in [6.07, 6.45) is 12.9. The Morgan fingerprint density at radius 1 is 1.44 bits per heavy atom. The molecule has 96 valence electrons. The minimum absolute atomic E-state index is 0.00528. The fourth-order valence-electron chi connectivity index (χ4n) is 2.37. The van der Waals surface area contributed by atoms with Crippen molar-refractivity contribution in [2.24, 2.45) is 5.92 Å². The quantitative estimate of drug-likeness (QED) is 0.698. The van der Waals surface area contributed by atoms with Gasteiger partial charge in [0.25, 0.3) is 0 Å². The highest BCUT2D eigenvalue weighted by Gasteiger charge is 2.37. The maximum atomic E-state index is 12.1. The van der Waals surface area contributed by atoms with Gasteiger partial charge in [-0.15, -0.1) is 0 Å². The van der Waals surface area contributed by atoms with Crippen LogP contribution < -0.4 is 0 Å². The molecule has 1 heterocycles. The Kier molecular flexibility index (Phi) is 4.34. The SMILES string of the molecule is CCCCN1C(=O)CC(CC2=CC[CH]C=[C]2)C1=O. The first-order valence-corrected chi connectivity index (χ1v) is 6.67. The summed E-state index contributed by atoms with van der Waals surface area (Å²) in [7, 11) is 0. The van der Waals surface area contributed by atoms with Gasteiger partial charge in [0.05, 0.1) is 5.92 Å². The number of hydrogen-bond donors (Lipinski definition) is 0. The molecule has 2 aliphatic rings. The molecule has 3 nitrogen and oxygen atoms in total. The number of carbonyl (C=O) groups excluding carboxylic acids is 2. The largest absolute Gasteiger partial charge is 0.282 e. The fraction of sp³-hybridized carbons (Fsp3) is 0.533. The van der Waals surface area contributed by atoms with Gasteiger partial charge in [-0.2, -0.15) is 0 Å². The molecule has 1 fully saturated rings. The Morgan fingerprint density at radius 3 is 2.94 bits per heavy atom. The zero-order valence-corrected chi connectivity index (χ0v) is 10.8. The molecule has 1 atom stereocenters. The summed E-state index contributed by atoms with van der Waals surface area (Å²) >= 11 is 0. The zero-order chi connectivity index (χ0) is 13.0. The molecule has 3 heteroatoms. The van der Waals surface area contributed by atoms with Gasteiger partial charge >= 0.3 is 0 Å². The third kappa shape index (κ3) is 2.89. The molecule has 1 aliphatic heterocycles. The van der Waals surface area contributed by atoms with Crippen LogP contribution in [0.3, 0.4) is 0 Å². The van der Waals surface area contributed by atoms with Crippen LogP contribution in [0.2, 0.25) is 0 Å². The average Bonchev–Trinajstić information content (AvgIpc) is 2.64. The number of unbranched alkanes of at least 4 members (excludes halogenated alkanes) is 1. The summed E-state index contributed by atoms with van der Waals surface area (Å²) in [6.45, 7) is 2.64. The molecule has 1 aliphatic carbocycles. The van der Waals surface area contributed by atoms with Gasteiger partial charge in [-0.25, -0.2) is 0 Å². The molecular weight excluding hydrogens is 226 g/mol. The van der Waals surface area contributed by atoms with Gasteiger partial charge in [0.1, 0.15) is 0 Å². The van der Waals surface area contributed by atoms with E-state index in [0.29, 0.717) is 19.4 Å². The zero-order valence-electron chi connectivity index (χ0n) is 10.8. The Morgan fingerprint density at radius 2 is 2.28 bits per heavy atom. The third-order valence-corrected chi connectivity index (χ3v) is 3.43. The summed E-state index contributed by atoms with van der Waals surface area (Å²) in [5.41, 5.74) is 1.06. The Bertz CT molecular complexity index is 395. The molecule has 2 amide bonds. The lowest BCUT2D eigenvalue weighted by atomic mass is 9.94. The standard InChI is InChI=1S/C15H19NO2/c1-2-3-9-16-14(17)11-13(15(16)18)10-12-7-5-4-6-8-12/h4-5,8,13H,2-3,6,9-11H2,1H3. The van der Waals surface area contributed by atoms with Crippen LogP contribution in [0.4, 0.5) is 0 Å². The summed E-state index contributed by atoms with van der Waals surface area (Å²) in [4.78, 5) is 25.4. The van der Waals surface area contributed by atoms with Crippen molar-refractivity contribution in [1.82, 2.24) is 4.90 Å². The molecule has 1 saturated heterocycles. The second-order valence-corrected chi connectivity index (χ2v) is 4.85. The van der Waals surface area contributed by atoms with Crippen LogP contribution in [0.15, 0.2) is 17.7 Å². The van der Waals surface area contributed by atoms with E-state index in [-0.39, 0.29) is 17.7 Å². The summed E-state index contributed by atoms with van der Waals surface area (Å²) < 4.78 is 0. The second kappa shape index (κ2) is 5.98. The summed E-state index contributed by atoms with van der Waals surface area (Å²) in [5.74, 6) is -0.171. The number of imide groups is 1. The molecule has 0 aromatic rings. The van der Waals surface area contributed by atoms with Crippen molar-refractivity contribution in [3.63, 3.8) is 0 Å². The molecule has 2 rings (SSSR count). The average molecular weight is 245 g/mol. The first-order chi connectivity index (χ1) is 8.72. The molecule has 0 saturated carbocycles. The fourth-order valence-corrected chi connectivity index (χ4v) is 2.37. The number of nitrogens with zero attached hydrogens (tertiary/aromatic N) is 1. The van der Waals surface area contributed by atoms with Gasteiger partial charge in [0, 0.05) is 13.0 Å². The molecular formula is C15H19NO2. The molecule has 0 bridgehead atoms. The minimum Gasteiger partial charge on any atom is -0.282 e. The number of rotatable bonds is 5. The predicted molar refractivity (Wildman–Crippen MR) is 69.2 cm³/mol. The monoisotopic (exact) mass is 245 g/mol.